The smallest absolute Gasteiger partial charge is 0.291 e. The molecule has 3 rings (SSSR count). The summed E-state index contributed by atoms with van der Waals surface area (Å²) in [5.74, 6) is -0.171. The lowest BCUT2D eigenvalue weighted by Gasteiger charge is -2.31. The zero-order valence-electron chi connectivity index (χ0n) is 15.7. The molecule has 0 spiro atoms. The van der Waals surface area contributed by atoms with Crippen molar-refractivity contribution in [2.24, 2.45) is 0 Å². The normalized spacial score (nSPS) is 16.9. The average Bonchev–Trinajstić information content (AvgIpc) is 3.15. The molecule has 7 heteroatoms. The van der Waals surface area contributed by atoms with E-state index in [1.165, 1.54) is 36.8 Å². The lowest BCUT2D eigenvalue weighted by Crippen LogP contribution is -2.39. The van der Waals surface area contributed by atoms with Crippen LogP contribution in [0.2, 0.25) is 0 Å². The Morgan fingerprint density at radius 3 is 2.92 bits per heavy atom. The van der Waals surface area contributed by atoms with Crippen molar-refractivity contribution in [2.75, 3.05) is 20.1 Å². The monoisotopic (exact) mass is 359 g/mol. The standard InChI is InChI=1S/C19H29N5O2/c1-15(24-19(26)17-10-6-13-23(17)14-21-24)18(25)20-11-7-12-22(2)16-8-4-3-5-9-16/h6,10,13-16H,3-5,7-9,11-12H2,1-2H3,(H,20,25)/t15-/m1/s1. The summed E-state index contributed by atoms with van der Waals surface area (Å²) in [6, 6.07) is 3.58. The molecule has 1 amide bonds. The van der Waals surface area contributed by atoms with Crippen molar-refractivity contribution in [1.29, 1.82) is 0 Å². The van der Waals surface area contributed by atoms with E-state index in [4.69, 9.17) is 0 Å². The number of nitrogens with one attached hydrogen (secondary N) is 1. The Morgan fingerprint density at radius 2 is 2.15 bits per heavy atom. The molecule has 1 aliphatic carbocycles. The maximum Gasteiger partial charge on any atom is 0.291 e. The molecule has 0 radical (unpaired) electrons. The molecule has 0 unspecified atom stereocenters. The Balaban J connectivity index is 1.48. The molecule has 1 saturated carbocycles. The van der Waals surface area contributed by atoms with Crippen LogP contribution in [0.4, 0.5) is 0 Å². The maximum atomic E-state index is 12.4. The van der Waals surface area contributed by atoms with Gasteiger partial charge in [0.25, 0.3) is 5.56 Å². The summed E-state index contributed by atoms with van der Waals surface area (Å²) >= 11 is 0. The van der Waals surface area contributed by atoms with Crippen molar-refractivity contribution in [3.8, 4) is 0 Å². The molecule has 2 aromatic rings. The van der Waals surface area contributed by atoms with Crippen LogP contribution in [0.15, 0.2) is 29.5 Å². The molecular weight excluding hydrogens is 330 g/mol. The molecule has 1 atom stereocenters. The molecule has 7 nitrogen and oxygen atoms in total. The highest BCUT2D eigenvalue weighted by Crippen LogP contribution is 2.21. The first-order chi connectivity index (χ1) is 12.6. The molecular formula is C19H29N5O2. The van der Waals surface area contributed by atoms with E-state index < -0.39 is 6.04 Å². The van der Waals surface area contributed by atoms with Gasteiger partial charge < -0.3 is 14.6 Å². The predicted molar refractivity (Wildman–Crippen MR) is 101 cm³/mol. The van der Waals surface area contributed by atoms with Crippen molar-refractivity contribution in [3.63, 3.8) is 0 Å². The summed E-state index contributed by atoms with van der Waals surface area (Å²) in [7, 11) is 2.18. The second-order valence-electron chi connectivity index (χ2n) is 7.27. The fourth-order valence-corrected chi connectivity index (χ4v) is 3.74. The minimum atomic E-state index is -0.626. The number of hydrogen-bond acceptors (Lipinski definition) is 4. The fraction of sp³-hybridized carbons (Fsp3) is 0.632. The van der Waals surface area contributed by atoms with Crippen molar-refractivity contribution < 1.29 is 4.79 Å². The number of aromatic nitrogens is 3. The molecule has 1 N–H and O–H groups in total. The van der Waals surface area contributed by atoms with Gasteiger partial charge in [0, 0.05) is 18.8 Å². The van der Waals surface area contributed by atoms with Gasteiger partial charge in [0.15, 0.2) is 0 Å². The van der Waals surface area contributed by atoms with Crippen LogP contribution in [0.1, 0.15) is 51.5 Å². The summed E-state index contributed by atoms with van der Waals surface area (Å²) in [6.07, 6.45) is 10.8. The molecule has 2 aromatic heterocycles. The predicted octanol–water partition coefficient (Wildman–Crippen LogP) is 1.83. The van der Waals surface area contributed by atoms with Gasteiger partial charge in [-0.3, -0.25) is 9.59 Å². The summed E-state index contributed by atoms with van der Waals surface area (Å²) in [6.45, 7) is 3.30. The first-order valence-electron chi connectivity index (χ1n) is 9.60. The Kier molecular flexibility index (Phi) is 6.08. The zero-order chi connectivity index (χ0) is 18.5. The van der Waals surface area contributed by atoms with Gasteiger partial charge in [-0.2, -0.15) is 5.10 Å². The third-order valence-corrected chi connectivity index (χ3v) is 5.44. The van der Waals surface area contributed by atoms with Gasteiger partial charge in [-0.25, -0.2) is 4.68 Å². The largest absolute Gasteiger partial charge is 0.354 e. The van der Waals surface area contributed by atoms with Crippen LogP contribution < -0.4 is 10.9 Å². The number of hydrogen-bond donors (Lipinski definition) is 1. The Hall–Kier alpha value is -2.15. The van der Waals surface area contributed by atoms with Gasteiger partial charge in [0.1, 0.15) is 17.9 Å². The maximum absolute atomic E-state index is 12.4. The van der Waals surface area contributed by atoms with Crippen LogP contribution in [0.3, 0.4) is 0 Å². The summed E-state index contributed by atoms with van der Waals surface area (Å²) in [4.78, 5) is 27.2. The van der Waals surface area contributed by atoms with Crippen LogP contribution >= 0.6 is 0 Å². The summed E-state index contributed by atoms with van der Waals surface area (Å²) < 4.78 is 2.91. The van der Waals surface area contributed by atoms with Crippen LogP contribution in [0.5, 0.6) is 0 Å². The van der Waals surface area contributed by atoms with E-state index in [1.54, 1.807) is 36.0 Å². The topological polar surface area (TPSA) is 71.6 Å². The van der Waals surface area contributed by atoms with E-state index in [1.807, 2.05) is 0 Å². The number of amides is 1. The highest BCUT2D eigenvalue weighted by molar-refractivity contribution is 5.79. The first-order valence-corrected chi connectivity index (χ1v) is 9.60. The second-order valence-corrected chi connectivity index (χ2v) is 7.27. The Bertz CT molecular complexity index is 791. The number of rotatable bonds is 7. The molecule has 1 fully saturated rings. The minimum Gasteiger partial charge on any atom is -0.354 e. The fourth-order valence-electron chi connectivity index (χ4n) is 3.74. The highest BCUT2D eigenvalue weighted by Gasteiger charge is 2.19. The molecule has 26 heavy (non-hydrogen) atoms. The van der Waals surface area contributed by atoms with E-state index in [9.17, 15) is 9.59 Å². The molecule has 2 heterocycles. The van der Waals surface area contributed by atoms with Gasteiger partial charge in [0.05, 0.1) is 0 Å². The quantitative estimate of drug-likeness (QED) is 0.766. The van der Waals surface area contributed by atoms with E-state index in [0.717, 1.165) is 13.0 Å². The molecule has 1 aliphatic rings. The summed E-state index contributed by atoms with van der Waals surface area (Å²) in [5, 5.41) is 7.05. The zero-order valence-corrected chi connectivity index (χ0v) is 15.7. The van der Waals surface area contributed by atoms with Crippen LogP contribution in [0.25, 0.3) is 5.52 Å². The highest BCUT2D eigenvalue weighted by atomic mass is 16.2. The van der Waals surface area contributed by atoms with Crippen molar-refractivity contribution >= 4 is 11.4 Å². The van der Waals surface area contributed by atoms with Crippen LogP contribution in [-0.4, -0.2) is 51.2 Å². The molecule has 142 valence electrons. The second kappa shape index (κ2) is 8.49. The number of carbonyl (C=O) groups excluding carboxylic acids is 1. The number of carbonyl (C=O) groups is 1. The molecule has 0 aliphatic heterocycles. The lowest BCUT2D eigenvalue weighted by molar-refractivity contribution is -0.124. The van der Waals surface area contributed by atoms with E-state index in [-0.39, 0.29) is 11.5 Å². The average molecular weight is 359 g/mol. The van der Waals surface area contributed by atoms with Gasteiger partial charge in [0.2, 0.25) is 5.91 Å². The van der Waals surface area contributed by atoms with Gasteiger partial charge in [-0.1, -0.05) is 19.3 Å². The lowest BCUT2D eigenvalue weighted by atomic mass is 9.94. The van der Waals surface area contributed by atoms with Crippen molar-refractivity contribution in [2.45, 2.75) is 57.5 Å². The molecule has 0 aromatic carbocycles. The van der Waals surface area contributed by atoms with Crippen molar-refractivity contribution in [1.82, 2.24) is 24.4 Å². The van der Waals surface area contributed by atoms with E-state index >= 15 is 0 Å². The van der Waals surface area contributed by atoms with Gasteiger partial charge >= 0.3 is 0 Å². The van der Waals surface area contributed by atoms with Gasteiger partial charge in [-0.05, 0) is 51.9 Å². The van der Waals surface area contributed by atoms with Gasteiger partial charge in [-0.15, -0.1) is 0 Å². The van der Waals surface area contributed by atoms with E-state index in [2.05, 4.69) is 22.4 Å². The van der Waals surface area contributed by atoms with Crippen LogP contribution in [-0.2, 0) is 4.79 Å². The van der Waals surface area contributed by atoms with Crippen LogP contribution in [0, 0.1) is 0 Å². The number of fused-ring (bicyclic) bond motifs is 1. The molecule has 0 saturated heterocycles. The Morgan fingerprint density at radius 1 is 1.38 bits per heavy atom. The third kappa shape index (κ3) is 4.15. The first kappa shape index (κ1) is 18.6. The Labute approximate surface area is 154 Å². The summed E-state index contributed by atoms with van der Waals surface area (Å²) in [5.41, 5.74) is 0.269. The van der Waals surface area contributed by atoms with E-state index in [0.29, 0.717) is 18.1 Å². The minimum absolute atomic E-state index is 0.171. The third-order valence-electron chi connectivity index (χ3n) is 5.44. The number of nitrogens with zero attached hydrogens (tertiary/aromatic N) is 4. The van der Waals surface area contributed by atoms with Crippen molar-refractivity contribution in [3.05, 3.63) is 35.0 Å². The SMILES string of the molecule is C[C@H](C(=O)NCCCN(C)C1CCCCC1)n1ncn2cccc2c1=O. The molecule has 0 bridgehead atoms.